The quantitative estimate of drug-likeness (QED) is 0.785. The Balaban J connectivity index is 1.63. The molecule has 1 aliphatic carbocycles. The number of sulfonamides is 1. The van der Waals surface area contributed by atoms with Gasteiger partial charge in [-0.05, 0) is 12.8 Å². The highest BCUT2D eigenvalue weighted by Gasteiger charge is 2.41. The molecule has 3 rings (SSSR count). The molecule has 2 aliphatic rings. The molecule has 0 bridgehead atoms. The van der Waals surface area contributed by atoms with Gasteiger partial charge in [-0.2, -0.15) is 4.31 Å². The van der Waals surface area contributed by atoms with Gasteiger partial charge in [0.1, 0.15) is 0 Å². The van der Waals surface area contributed by atoms with Gasteiger partial charge in [0.2, 0.25) is 16.0 Å². The predicted molar refractivity (Wildman–Crippen MR) is 74.3 cm³/mol. The molecular formula is C12H18N4O3S. The van der Waals surface area contributed by atoms with Crippen LogP contribution in [0.3, 0.4) is 0 Å². The lowest BCUT2D eigenvalue weighted by atomic mass is 10.4. The van der Waals surface area contributed by atoms with Crippen molar-refractivity contribution in [2.45, 2.75) is 18.1 Å². The third-order valence-electron chi connectivity index (χ3n) is 3.68. The summed E-state index contributed by atoms with van der Waals surface area (Å²) >= 11 is 0. The molecule has 0 aromatic carbocycles. The number of piperazine rings is 1. The van der Waals surface area contributed by atoms with Crippen molar-refractivity contribution >= 4 is 16.0 Å². The first-order valence-corrected chi connectivity index (χ1v) is 8.21. The molecule has 20 heavy (non-hydrogen) atoms. The molecule has 110 valence electrons. The number of hydrogen-bond donors (Lipinski definition) is 0. The van der Waals surface area contributed by atoms with Crippen molar-refractivity contribution < 1.29 is 13.2 Å². The Morgan fingerprint density at radius 1 is 1.15 bits per heavy atom. The molecule has 0 unspecified atom stereocenters. The third kappa shape index (κ3) is 2.57. The Hall–Kier alpha value is -1.41. The average molecular weight is 298 g/mol. The summed E-state index contributed by atoms with van der Waals surface area (Å²) in [6.45, 7) is 2.26. The first-order valence-electron chi connectivity index (χ1n) is 6.71. The molecule has 1 aliphatic heterocycles. The highest BCUT2D eigenvalue weighted by atomic mass is 32.2. The monoisotopic (exact) mass is 298 g/mol. The lowest BCUT2D eigenvalue weighted by molar-refractivity contribution is 0.381. The van der Waals surface area contributed by atoms with E-state index >= 15 is 0 Å². The maximum absolute atomic E-state index is 12.1. The zero-order valence-electron chi connectivity index (χ0n) is 11.4. The van der Waals surface area contributed by atoms with Gasteiger partial charge in [0, 0.05) is 26.2 Å². The average Bonchev–Trinajstić information content (AvgIpc) is 3.33. The molecule has 0 radical (unpaired) electrons. The van der Waals surface area contributed by atoms with Crippen LogP contribution >= 0.6 is 0 Å². The molecule has 2 heterocycles. The van der Waals surface area contributed by atoms with Gasteiger partial charge in [-0.1, -0.05) is 0 Å². The zero-order chi connectivity index (χ0) is 14.2. The Labute approximate surface area is 118 Å². The van der Waals surface area contributed by atoms with Crippen molar-refractivity contribution in [3.8, 4) is 5.75 Å². The highest BCUT2D eigenvalue weighted by Crippen LogP contribution is 2.31. The number of hydrogen-bond acceptors (Lipinski definition) is 6. The van der Waals surface area contributed by atoms with E-state index in [0.29, 0.717) is 37.9 Å². The second-order valence-electron chi connectivity index (χ2n) is 5.05. The molecule has 2 fully saturated rings. The third-order valence-corrected chi connectivity index (χ3v) is 6.08. The number of methoxy groups -OCH3 is 1. The second-order valence-corrected chi connectivity index (χ2v) is 7.27. The van der Waals surface area contributed by atoms with Crippen molar-refractivity contribution in [3.05, 3.63) is 12.4 Å². The maximum Gasteiger partial charge on any atom is 0.225 e. The largest absolute Gasteiger partial charge is 0.494 e. The molecule has 0 atom stereocenters. The fourth-order valence-electron chi connectivity index (χ4n) is 2.30. The smallest absolute Gasteiger partial charge is 0.225 e. The van der Waals surface area contributed by atoms with E-state index in [4.69, 9.17) is 4.74 Å². The Kier molecular flexibility index (Phi) is 3.51. The van der Waals surface area contributed by atoms with E-state index in [-0.39, 0.29) is 5.25 Å². The van der Waals surface area contributed by atoms with Gasteiger partial charge in [0.25, 0.3) is 0 Å². The summed E-state index contributed by atoms with van der Waals surface area (Å²) < 4.78 is 30.9. The molecule has 0 spiro atoms. The topological polar surface area (TPSA) is 75.6 Å². The SMILES string of the molecule is COc1cnc(N2CCN(S(=O)(=O)C3CC3)CC2)nc1. The van der Waals surface area contributed by atoms with Crippen LogP contribution in [0, 0.1) is 0 Å². The van der Waals surface area contributed by atoms with Crippen LogP contribution in [-0.4, -0.2) is 61.2 Å². The first-order chi connectivity index (χ1) is 9.61. The van der Waals surface area contributed by atoms with E-state index in [0.717, 1.165) is 12.8 Å². The van der Waals surface area contributed by atoms with E-state index in [9.17, 15) is 8.42 Å². The van der Waals surface area contributed by atoms with E-state index in [1.54, 1.807) is 23.8 Å². The van der Waals surface area contributed by atoms with Crippen molar-refractivity contribution in [1.82, 2.24) is 14.3 Å². The fraction of sp³-hybridized carbons (Fsp3) is 0.667. The normalized spacial score (nSPS) is 20.9. The van der Waals surface area contributed by atoms with Crippen LogP contribution < -0.4 is 9.64 Å². The number of nitrogens with zero attached hydrogens (tertiary/aromatic N) is 4. The van der Waals surface area contributed by atoms with Gasteiger partial charge in [0.15, 0.2) is 5.75 Å². The standard InChI is InChI=1S/C12H18N4O3S/c1-19-10-8-13-12(14-9-10)15-4-6-16(7-5-15)20(17,18)11-2-3-11/h8-9,11H,2-7H2,1H3. The summed E-state index contributed by atoms with van der Waals surface area (Å²) in [5, 5.41) is -0.133. The summed E-state index contributed by atoms with van der Waals surface area (Å²) in [6, 6.07) is 0. The molecule has 7 nitrogen and oxygen atoms in total. The van der Waals surface area contributed by atoms with Crippen molar-refractivity contribution in [3.63, 3.8) is 0 Å². The number of rotatable bonds is 4. The lowest BCUT2D eigenvalue weighted by Crippen LogP contribution is -2.50. The van der Waals surface area contributed by atoms with E-state index in [1.807, 2.05) is 4.90 Å². The van der Waals surface area contributed by atoms with E-state index in [1.165, 1.54) is 0 Å². The van der Waals surface area contributed by atoms with E-state index in [2.05, 4.69) is 9.97 Å². The van der Waals surface area contributed by atoms with Gasteiger partial charge >= 0.3 is 0 Å². The Morgan fingerprint density at radius 2 is 1.75 bits per heavy atom. The summed E-state index contributed by atoms with van der Waals surface area (Å²) in [5.74, 6) is 1.23. The fourth-order valence-corrected chi connectivity index (χ4v) is 4.12. The molecule has 0 amide bonds. The van der Waals surface area contributed by atoms with Gasteiger partial charge in [-0.3, -0.25) is 0 Å². The molecule has 1 aromatic heterocycles. The number of aromatic nitrogens is 2. The van der Waals surface area contributed by atoms with Gasteiger partial charge in [0.05, 0.1) is 24.8 Å². The number of anilines is 1. The van der Waals surface area contributed by atoms with E-state index < -0.39 is 10.0 Å². The highest BCUT2D eigenvalue weighted by molar-refractivity contribution is 7.90. The summed E-state index contributed by atoms with van der Waals surface area (Å²) in [5.41, 5.74) is 0. The molecule has 0 N–H and O–H groups in total. The van der Waals surface area contributed by atoms with Crippen molar-refractivity contribution in [2.24, 2.45) is 0 Å². The van der Waals surface area contributed by atoms with Crippen LogP contribution in [0.4, 0.5) is 5.95 Å². The molecule has 1 saturated heterocycles. The maximum atomic E-state index is 12.1. The Morgan fingerprint density at radius 3 is 2.25 bits per heavy atom. The van der Waals surface area contributed by atoms with Crippen LogP contribution in [0.5, 0.6) is 5.75 Å². The van der Waals surface area contributed by atoms with Crippen LogP contribution in [0.25, 0.3) is 0 Å². The van der Waals surface area contributed by atoms with Crippen molar-refractivity contribution in [1.29, 1.82) is 0 Å². The number of ether oxygens (including phenoxy) is 1. The Bertz CT molecular complexity index is 563. The van der Waals surface area contributed by atoms with Crippen LogP contribution in [0.15, 0.2) is 12.4 Å². The van der Waals surface area contributed by atoms with Gasteiger partial charge in [-0.25, -0.2) is 18.4 Å². The zero-order valence-corrected chi connectivity index (χ0v) is 12.2. The minimum atomic E-state index is -3.06. The molecular weight excluding hydrogens is 280 g/mol. The van der Waals surface area contributed by atoms with Crippen LogP contribution in [0.2, 0.25) is 0 Å². The van der Waals surface area contributed by atoms with Gasteiger partial charge in [-0.15, -0.1) is 0 Å². The molecule has 8 heteroatoms. The predicted octanol–water partition coefficient (Wildman–Crippen LogP) is 0.0994. The summed E-state index contributed by atoms with van der Waals surface area (Å²) in [4.78, 5) is 10.5. The first kappa shape index (κ1) is 13.6. The minimum Gasteiger partial charge on any atom is -0.494 e. The van der Waals surface area contributed by atoms with Gasteiger partial charge < -0.3 is 9.64 Å². The van der Waals surface area contributed by atoms with Crippen LogP contribution in [0.1, 0.15) is 12.8 Å². The second kappa shape index (κ2) is 5.17. The summed E-state index contributed by atoms with van der Waals surface area (Å²) in [6.07, 6.45) is 4.86. The van der Waals surface area contributed by atoms with Crippen molar-refractivity contribution in [2.75, 3.05) is 38.2 Å². The molecule has 1 aromatic rings. The molecule has 1 saturated carbocycles. The lowest BCUT2D eigenvalue weighted by Gasteiger charge is -2.34. The van der Waals surface area contributed by atoms with Crippen LogP contribution in [-0.2, 0) is 10.0 Å². The minimum absolute atomic E-state index is 0.133. The summed E-state index contributed by atoms with van der Waals surface area (Å²) in [7, 11) is -1.49.